The number of nitrogens with zero attached hydrogens (tertiary/aromatic N) is 2. The number of aromatic nitrogens is 1. The van der Waals surface area contributed by atoms with Crippen LogP contribution < -0.4 is 20.1 Å². The molecule has 3 rings (SSSR count). The van der Waals surface area contributed by atoms with Crippen molar-refractivity contribution in [2.75, 3.05) is 24.9 Å². The number of hydrogen-bond acceptors (Lipinski definition) is 6. The van der Waals surface area contributed by atoms with Crippen LogP contribution in [0.3, 0.4) is 0 Å². The minimum Gasteiger partial charge on any atom is -0.493 e. The lowest BCUT2D eigenvalue weighted by Crippen LogP contribution is -2.12. The van der Waals surface area contributed by atoms with E-state index in [4.69, 9.17) is 9.47 Å². The van der Waals surface area contributed by atoms with Crippen LogP contribution in [-0.4, -0.2) is 25.1 Å². The maximum absolute atomic E-state index is 12.6. The first kappa shape index (κ1) is 18.7. The average Bonchev–Trinajstić information content (AvgIpc) is 2.74. The van der Waals surface area contributed by atoms with Crippen LogP contribution in [-0.2, 0) is 0 Å². The number of amides is 1. The number of ether oxygens (including phenoxy) is 2. The van der Waals surface area contributed by atoms with Crippen molar-refractivity contribution >= 4 is 23.1 Å². The lowest BCUT2D eigenvalue weighted by atomic mass is 10.2. The second-order valence-electron chi connectivity index (χ2n) is 5.74. The summed E-state index contributed by atoms with van der Waals surface area (Å²) in [5.74, 6) is 1.26. The lowest BCUT2D eigenvalue weighted by Gasteiger charge is -2.11. The molecule has 0 fully saturated rings. The number of para-hydroxylation sites is 1. The van der Waals surface area contributed by atoms with Crippen molar-refractivity contribution in [3.05, 3.63) is 71.9 Å². The molecule has 28 heavy (non-hydrogen) atoms. The average molecular weight is 374 g/mol. The fraction of sp³-hybridized carbons (Fsp3) is 0.0952. The number of carbonyl (C=O) groups excluding carboxylic acids is 1. The summed E-state index contributed by atoms with van der Waals surface area (Å²) in [6.45, 7) is 0. The molecule has 0 spiro atoms. The van der Waals surface area contributed by atoms with E-state index in [9.17, 15) is 10.1 Å². The zero-order valence-corrected chi connectivity index (χ0v) is 15.4. The van der Waals surface area contributed by atoms with Gasteiger partial charge in [-0.3, -0.25) is 4.79 Å². The Morgan fingerprint density at radius 3 is 2.57 bits per heavy atom. The Hall–Kier alpha value is -4.05. The maximum Gasteiger partial charge on any atom is 0.255 e. The number of hydrogen-bond donors (Lipinski definition) is 2. The number of carbonyl (C=O) groups is 1. The topological polar surface area (TPSA) is 96.3 Å². The highest BCUT2D eigenvalue weighted by atomic mass is 16.5. The van der Waals surface area contributed by atoms with Gasteiger partial charge >= 0.3 is 0 Å². The fourth-order valence-corrected chi connectivity index (χ4v) is 2.58. The summed E-state index contributed by atoms with van der Waals surface area (Å²) >= 11 is 0. The summed E-state index contributed by atoms with van der Waals surface area (Å²) in [5.41, 5.74) is 2.10. The third-order valence-electron chi connectivity index (χ3n) is 3.97. The first-order valence-corrected chi connectivity index (χ1v) is 8.40. The lowest BCUT2D eigenvalue weighted by molar-refractivity contribution is 0.102. The number of methoxy groups -OCH3 is 2. The molecular weight excluding hydrogens is 356 g/mol. The van der Waals surface area contributed by atoms with Crippen molar-refractivity contribution in [2.45, 2.75) is 0 Å². The Morgan fingerprint density at radius 2 is 1.82 bits per heavy atom. The zero-order chi connectivity index (χ0) is 19.9. The van der Waals surface area contributed by atoms with Crippen molar-refractivity contribution in [3.8, 4) is 17.6 Å². The predicted octanol–water partition coefficient (Wildman–Crippen LogP) is 3.97. The smallest absolute Gasteiger partial charge is 0.255 e. The molecule has 0 atom stereocenters. The highest BCUT2D eigenvalue weighted by Crippen LogP contribution is 2.30. The maximum atomic E-state index is 12.6. The van der Waals surface area contributed by atoms with Gasteiger partial charge in [0.1, 0.15) is 11.9 Å². The van der Waals surface area contributed by atoms with E-state index in [1.54, 1.807) is 55.6 Å². The molecule has 0 unspecified atom stereocenters. The minimum absolute atomic E-state index is 0.300. The second kappa shape index (κ2) is 8.56. The van der Waals surface area contributed by atoms with Gasteiger partial charge in [0.25, 0.3) is 5.91 Å². The van der Waals surface area contributed by atoms with Crippen LogP contribution in [0.25, 0.3) is 0 Å². The molecule has 0 aliphatic heterocycles. The van der Waals surface area contributed by atoms with Gasteiger partial charge in [0, 0.05) is 23.5 Å². The molecule has 0 bridgehead atoms. The van der Waals surface area contributed by atoms with Crippen LogP contribution in [0, 0.1) is 11.3 Å². The molecule has 0 saturated heterocycles. The zero-order valence-electron chi connectivity index (χ0n) is 15.4. The Balaban J connectivity index is 1.78. The molecule has 1 heterocycles. The molecule has 1 aromatic heterocycles. The first-order valence-electron chi connectivity index (χ1n) is 8.40. The molecule has 3 aromatic rings. The van der Waals surface area contributed by atoms with Gasteiger partial charge in [-0.05, 0) is 36.4 Å². The molecule has 2 aromatic carbocycles. The number of nitrogens with one attached hydrogen (secondary N) is 2. The van der Waals surface area contributed by atoms with Gasteiger partial charge in [-0.2, -0.15) is 5.26 Å². The molecular formula is C21H18N4O3. The predicted molar refractivity (Wildman–Crippen MR) is 106 cm³/mol. The largest absolute Gasteiger partial charge is 0.493 e. The second-order valence-corrected chi connectivity index (χ2v) is 5.74. The third-order valence-corrected chi connectivity index (χ3v) is 3.97. The Bertz CT molecular complexity index is 1040. The molecule has 0 aliphatic carbocycles. The first-order chi connectivity index (χ1) is 13.6. The van der Waals surface area contributed by atoms with E-state index in [0.717, 1.165) is 0 Å². The van der Waals surface area contributed by atoms with E-state index >= 15 is 0 Å². The summed E-state index contributed by atoms with van der Waals surface area (Å²) in [4.78, 5) is 16.8. The summed E-state index contributed by atoms with van der Waals surface area (Å²) in [6.07, 6.45) is 1.53. The van der Waals surface area contributed by atoms with Crippen LogP contribution in [0.15, 0.2) is 60.8 Å². The molecule has 7 nitrogen and oxygen atoms in total. The van der Waals surface area contributed by atoms with E-state index in [1.165, 1.54) is 13.3 Å². The third kappa shape index (κ3) is 4.19. The molecule has 140 valence electrons. The van der Waals surface area contributed by atoms with Crippen LogP contribution in [0.5, 0.6) is 11.5 Å². The SMILES string of the molecule is COc1ccc(NC(=O)c2ccnc(Nc3ccccc3C#N)c2)cc1OC. The highest BCUT2D eigenvalue weighted by Gasteiger charge is 2.11. The van der Waals surface area contributed by atoms with Crippen LogP contribution in [0.2, 0.25) is 0 Å². The van der Waals surface area contributed by atoms with Gasteiger partial charge in [0.15, 0.2) is 11.5 Å². The Labute approximate surface area is 162 Å². The van der Waals surface area contributed by atoms with E-state index < -0.39 is 0 Å². The summed E-state index contributed by atoms with van der Waals surface area (Å²) in [7, 11) is 3.08. The molecule has 0 aliphatic rings. The fourth-order valence-electron chi connectivity index (χ4n) is 2.58. The van der Waals surface area contributed by atoms with Gasteiger partial charge in [-0.1, -0.05) is 12.1 Å². The minimum atomic E-state index is -0.300. The van der Waals surface area contributed by atoms with Gasteiger partial charge < -0.3 is 20.1 Å². The van der Waals surface area contributed by atoms with Crippen LogP contribution >= 0.6 is 0 Å². The molecule has 0 radical (unpaired) electrons. The van der Waals surface area contributed by atoms with E-state index in [-0.39, 0.29) is 5.91 Å². The van der Waals surface area contributed by atoms with Gasteiger partial charge in [-0.15, -0.1) is 0 Å². The number of benzene rings is 2. The molecule has 2 N–H and O–H groups in total. The van der Waals surface area contributed by atoms with Gasteiger partial charge in [0.2, 0.25) is 0 Å². The molecule has 1 amide bonds. The molecule has 0 saturated carbocycles. The quantitative estimate of drug-likeness (QED) is 0.678. The van der Waals surface area contributed by atoms with Crippen molar-refractivity contribution < 1.29 is 14.3 Å². The van der Waals surface area contributed by atoms with Crippen molar-refractivity contribution in [2.24, 2.45) is 0 Å². The Kier molecular flexibility index (Phi) is 5.72. The van der Waals surface area contributed by atoms with Crippen LogP contribution in [0.1, 0.15) is 15.9 Å². The number of anilines is 3. The van der Waals surface area contributed by atoms with Gasteiger partial charge in [-0.25, -0.2) is 4.98 Å². The number of nitriles is 1. The van der Waals surface area contributed by atoms with E-state index in [0.29, 0.717) is 39.8 Å². The Morgan fingerprint density at radius 1 is 1.04 bits per heavy atom. The van der Waals surface area contributed by atoms with Crippen molar-refractivity contribution in [1.82, 2.24) is 4.98 Å². The van der Waals surface area contributed by atoms with Gasteiger partial charge in [0.05, 0.1) is 25.5 Å². The monoisotopic (exact) mass is 374 g/mol. The number of rotatable bonds is 6. The summed E-state index contributed by atoms with van der Waals surface area (Å²) in [6, 6.07) is 17.5. The van der Waals surface area contributed by atoms with Crippen molar-refractivity contribution in [1.29, 1.82) is 5.26 Å². The number of pyridine rings is 1. The standard InChI is InChI=1S/C21H18N4O3/c1-27-18-8-7-16(12-19(18)28-2)24-21(26)14-9-10-23-20(11-14)25-17-6-4-3-5-15(17)13-22/h3-12H,1-2H3,(H,23,25)(H,24,26). The summed E-state index contributed by atoms with van der Waals surface area (Å²) in [5, 5.41) is 15.1. The highest BCUT2D eigenvalue weighted by molar-refractivity contribution is 6.04. The molecule has 7 heteroatoms. The van der Waals surface area contributed by atoms with E-state index in [1.807, 2.05) is 6.07 Å². The van der Waals surface area contributed by atoms with Crippen molar-refractivity contribution in [3.63, 3.8) is 0 Å². The summed E-state index contributed by atoms with van der Waals surface area (Å²) < 4.78 is 10.4. The normalized spacial score (nSPS) is 9.89. The van der Waals surface area contributed by atoms with Crippen LogP contribution in [0.4, 0.5) is 17.2 Å². The van der Waals surface area contributed by atoms with E-state index in [2.05, 4.69) is 21.7 Å².